The minimum absolute atomic E-state index is 0.00667. The third-order valence-electron chi connectivity index (χ3n) is 2.94. The molecule has 0 atom stereocenters. The molecule has 0 saturated carbocycles. The van der Waals surface area contributed by atoms with Gasteiger partial charge in [0.1, 0.15) is 5.69 Å². The number of Topliss-reactive ketones (excluding diaryl/α,β-unsaturated/α-hetero) is 1. The maximum absolute atomic E-state index is 12.0. The van der Waals surface area contributed by atoms with Crippen LogP contribution in [0.1, 0.15) is 47.2 Å². The molecule has 0 bridgehead atoms. The van der Waals surface area contributed by atoms with Crippen molar-refractivity contribution in [1.29, 1.82) is 0 Å². The number of ketones is 1. The molecule has 0 aliphatic carbocycles. The summed E-state index contributed by atoms with van der Waals surface area (Å²) in [6.45, 7) is 3.14. The van der Waals surface area contributed by atoms with Crippen LogP contribution in [0.3, 0.4) is 0 Å². The molecular formula is C12H16N2O2. The van der Waals surface area contributed by atoms with Gasteiger partial charge in [-0.3, -0.25) is 9.59 Å². The summed E-state index contributed by atoms with van der Waals surface area (Å²) < 4.78 is 0. The average molecular weight is 220 g/mol. The molecule has 1 saturated heterocycles. The van der Waals surface area contributed by atoms with Crippen LogP contribution in [-0.2, 0) is 0 Å². The SMILES string of the molecule is CC(=O)c1ccc(C(=O)N2CCCCC2)[nH]1. The van der Waals surface area contributed by atoms with E-state index in [1.807, 2.05) is 4.90 Å². The van der Waals surface area contributed by atoms with E-state index in [-0.39, 0.29) is 11.7 Å². The van der Waals surface area contributed by atoms with Gasteiger partial charge in [-0.2, -0.15) is 0 Å². The largest absolute Gasteiger partial charge is 0.348 e. The van der Waals surface area contributed by atoms with E-state index >= 15 is 0 Å². The van der Waals surface area contributed by atoms with Crippen molar-refractivity contribution in [3.63, 3.8) is 0 Å². The van der Waals surface area contributed by atoms with Crippen LogP contribution in [0.2, 0.25) is 0 Å². The highest BCUT2D eigenvalue weighted by Crippen LogP contribution is 2.13. The summed E-state index contributed by atoms with van der Waals surface area (Å²) in [6, 6.07) is 3.35. The summed E-state index contributed by atoms with van der Waals surface area (Å²) >= 11 is 0. The van der Waals surface area contributed by atoms with Gasteiger partial charge in [0, 0.05) is 20.0 Å². The predicted molar refractivity (Wildman–Crippen MR) is 60.6 cm³/mol. The zero-order valence-electron chi connectivity index (χ0n) is 9.45. The van der Waals surface area contributed by atoms with Crippen LogP contribution in [0.15, 0.2) is 12.1 Å². The Kier molecular flexibility index (Phi) is 3.08. The summed E-state index contributed by atoms with van der Waals surface area (Å²) in [7, 11) is 0. The van der Waals surface area contributed by atoms with Crippen molar-refractivity contribution in [2.75, 3.05) is 13.1 Å². The Morgan fingerprint density at radius 2 is 1.75 bits per heavy atom. The Morgan fingerprint density at radius 3 is 2.31 bits per heavy atom. The summed E-state index contributed by atoms with van der Waals surface area (Å²) in [4.78, 5) is 27.8. The van der Waals surface area contributed by atoms with Crippen molar-refractivity contribution < 1.29 is 9.59 Å². The van der Waals surface area contributed by atoms with Gasteiger partial charge in [-0.25, -0.2) is 0 Å². The van der Waals surface area contributed by atoms with Gasteiger partial charge in [0.05, 0.1) is 5.69 Å². The molecule has 1 aliphatic heterocycles. The lowest BCUT2D eigenvalue weighted by molar-refractivity contribution is 0.0719. The first-order chi connectivity index (χ1) is 7.68. The zero-order valence-corrected chi connectivity index (χ0v) is 9.45. The molecule has 0 unspecified atom stereocenters. The van der Waals surface area contributed by atoms with Crippen LogP contribution >= 0.6 is 0 Å². The number of amides is 1. The monoisotopic (exact) mass is 220 g/mol. The van der Waals surface area contributed by atoms with Crippen molar-refractivity contribution >= 4 is 11.7 Å². The van der Waals surface area contributed by atoms with Crippen LogP contribution in [0.5, 0.6) is 0 Å². The van der Waals surface area contributed by atoms with E-state index in [1.165, 1.54) is 13.3 Å². The Balaban J connectivity index is 2.10. The first-order valence-electron chi connectivity index (χ1n) is 5.67. The van der Waals surface area contributed by atoms with E-state index in [0.29, 0.717) is 11.4 Å². The normalized spacial score (nSPS) is 16.2. The lowest BCUT2D eigenvalue weighted by atomic mass is 10.1. The second-order valence-corrected chi connectivity index (χ2v) is 4.19. The standard InChI is InChI=1S/C12H16N2O2/c1-9(15)10-5-6-11(13-10)12(16)14-7-3-2-4-8-14/h5-6,13H,2-4,7-8H2,1H3. The Hall–Kier alpha value is -1.58. The molecule has 4 heteroatoms. The summed E-state index contributed by atoms with van der Waals surface area (Å²) in [6.07, 6.45) is 3.35. The first-order valence-corrected chi connectivity index (χ1v) is 5.67. The Bertz CT molecular complexity index is 403. The smallest absolute Gasteiger partial charge is 0.270 e. The number of hydrogen-bond donors (Lipinski definition) is 1. The van der Waals surface area contributed by atoms with Gasteiger partial charge >= 0.3 is 0 Å². The highest BCUT2D eigenvalue weighted by molar-refractivity contribution is 5.97. The topological polar surface area (TPSA) is 53.2 Å². The minimum atomic E-state index is -0.0438. The number of piperidine rings is 1. The molecule has 0 radical (unpaired) electrons. The van der Waals surface area contributed by atoms with E-state index in [4.69, 9.17) is 0 Å². The molecule has 1 aromatic rings. The van der Waals surface area contributed by atoms with Crippen molar-refractivity contribution in [3.8, 4) is 0 Å². The van der Waals surface area contributed by atoms with Crippen molar-refractivity contribution in [1.82, 2.24) is 9.88 Å². The van der Waals surface area contributed by atoms with Crippen LogP contribution in [-0.4, -0.2) is 34.7 Å². The Morgan fingerprint density at radius 1 is 1.12 bits per heavy atom. The highest BCUT2D eigenvalue weighted by atomic mass is 16.2. The van der Waals surface area contributed by atoms with Crippen LogP contribution < -0.4 is 0 Å². The minimum Gasteiger partial charge on any atom is -0.348 e. The third-order valence-corrected chi connectivity index (χ3v) is 2.94. The molecule has 4 nitrogen and oxygen atoms in total. The fourth-order valence-corrected chi connectivity index (χ4v) is 1.99. The quantitative estimate of drug-likeness (QED) is 0.773. The summed E-state index contributed by atoms with van der Waals surface area (Å²) in [5.41, 5.74) is 1.02. The summed E-state index contributed by atoms with van der Waals surface area (Å²) in [5, 5.41) is 0. The van der Waals surface area contributed by atoms with Gasteiger partial charge in [-0.15, -0.1) is 0 Å². The maximum atomic E-state index is 12.0. The van der Waals surface area contributed by atoms with Gasteiger partial charge in [-0.05, 0) is 31.4 Å². The van der Waals surface area contributed by atoms with Gasteiger partial charge in [-0.1, -0.05) is 0 Å². The predicted octanol–water partition coefficient (Wildman–Crippen LogP) is 1.84. The van der Waals surface area contributed by atoms with E-state index in [9.17, 15) is 9.59 Å². The van der Waals surface area contributed by atoms with Crippen molar-refractivity contribution in [2.24, 2.45) is 0 Å². The molecule has 1 N–H and O–H groups in total. The number of carbonyl (C=O) groups is 2. The molecule has 1 fully saturated rings. The number of nitrogens with one attached hydrogen (secondary N) is 1. The fraction of sp³-hybridized carbons (Fsp3) is 0.500. The van der Waals surface area contributed by atoms with Crippen LogP contribution in [0.25, 0.3) is 0 Å². The molecule has 1 amide bonds. The molecule has 1 aliphatic rings. The third kappa shape index (κ3) is 2.15. The van der Waals surface area contributed by atoms with Crippen molar-refractivity contribution in [3.05, 3.63) is 23.5 Å². The molecule has 0 spiro atoms. The van der Waals surface area contributed by atoms with Gasteiger partial charge in [0.25, 0.3) is 5.91 Å². The molecule has 0 aromatic carbocycles. The number of nitrogens with zero attached hydrogens (tertiary/aromatic N) is 1. The number of H-pyrrole nitrogens is 1. The number of hydrogen-bond acceptors (Lipinski definition) is 2. The van der Waals surface area contributed by atoms with Crippen molar-refractivity contribution in [2.45, 2.75) is 26.2 Å². The fourth-order valence-electron chi connectivity index (χ4n) is 1.99. The molecule has 86 valence electrons. The molecule has 2 heterocycles. The van der Waals surface area contributed by atoms with E-state index in [1.54, 1.807) is 12.1 Å². The Labute approximate surface area is 94.6 Å². The van der Waals surface area contributed by atoms with Crippen LogP contribution in [0, 0.1) is 0 Å². The first kappa shape index (κ1) is 10.9. The van der Waals surface area contributed by atoms with Gasteiger partial charge in [0.15, 0.2) is 5.78 Å². The number of aromatic amines is 1. The van der Waals surface area contributed by atoms with Gasteiger partial charge in [0.2, 0.25) is 0 Å². The van der Waals surface area contributed by atoms with E-state index in [2.05, 4.69) is 4.98 Å². The number of carbonyl (C=O) groups excluding carboxylic acids is 2. The number of aromatic nitrogens is 1. The van der Waals surface area contributed by atoms with E-state index < -0.39 is 0 Å². The molecular weight excluding hydrogens is 204 g/mol. The zero-order chi connectivity index (χ0) is 11.5. The second kappa shape index (κ2) is 4.51. The highest BCUT2D eigenvalue weighted by Gasteiger charge is 2.19. The summed E-state index contributed by atoms with van der Waals surface area (Å²) in [5.74, 6) is -0.0371. The lowest BCUT2D eigenvalue weighted by Gasteiger charge is -2.26. The molecule has 16 heavy (non-hydrogen) atoms. The van der Waals surface area contributed by atoms with E-state index in [0.717, 1.165) is 25.9 Å². The average Bonchev–Trinajstić information content (AvgIpc) is 2.78. The lowest BCUT2D eigenvalue weighted by Crippen LogP contribution is -2.35. The van der Waals surface area contributed by atoms with Gasteiger partial charge < -0.3 is 9.88 Å². The molecule has 1 aromatic heterocycles. The van der Waals surface area contributed by atoms with Crippen LogP contribution in [0.4, 0.5) is 0 Å². The maximum Gasteiger partial charge on any atom is 0.270 e. The molecule has 2 rings (SSSR count). The number of rotatable bonds is 2. The second-order valence-electron chi connectivity index (χ2n) is 4.19. The number of likely N-dealkylation sites (tertiary alicyclic amines) is 1.